The molecule has 0 aromatic carbocycles. The lowest BCUT2D eigenvalue weighted by Gasteiger charge is -2.16. The van der Waals surface area contributed by atoms with Gasteiger partial charge in [-0.3, -0.25) is 15.1 Å². The Morgan fingerprint density at radius 3 is 2.62 bits per heavy atom. The van der Waals surface area contributed by atoms with Gasteiger partial charge < -0.3 is 5.11 Å². The van der Waals surface area contributed by atoms with Gasteiger partial charge in [0.1, 0.15) is 6.04 Å². The third-order valence-electron chi connectivity index (χ3n) is 3.16. The number of hydrogen-bond acceptors (Lipinski definition) is 4. The molecule has 1 unspecified atom stereocenters. The first-order valence-electron chi connectivity index (χ1n) is 6.26. The van der Waals surface area contributed by atoms with Crippen molar-refractivity contribution in [1.29, 1.82) is 0 Å². The summed E-state index contributed by atoms with van der Waals surface area (Å²) < 4.78 is 0. The van der Waals surface area contributed by atoms with E-state index in [-0.39, 0.29) is 6.42 Å². The van der Waals surface area contributed by atoms with E-state index in [1.54, 1.807) is 11.3 Å². The topological polar surface area (TPSA) is 62.2 Å². The van der Waals surface area contributed by atoms with Gasteiger partial charge in [-0.25, -0.2) is 0 Å². The molecule has 0 aliphatic heterocycles. The molecule has 0 aliphatic rings. The summed E-state index contributed by atoms with van der Waals surface area (Å²) in [4.78, 5) is 16.4. The largest absolute Gasteiger partial charge is 0.480 e. The van der Waals surface area contributed by atoms with E-state index in [4.69, 9.17) is 23.2 Å². The highest BCUT2D eigenvalue weighted by Crippen LogP contribution is 2.24. The predicted octanol–water partition coefficient (Wildman–Crippen LogP) is 3.54. The van der Waals surface area contributed by atoms with Crippen LogP contribution in [-0.2, 0) is 17.8 Å². The Morgan fingerprint density at radius 2 is 2.10 bits per heavy atom. The molecule has 0 radical (unpaired) electrons. The Bertz CT molecular complexity index is 625. The number of nitrogens with one attached hydrogen (secondary N) is 1. The van der Waals surface area contributed by atoms with Crippen LogP contribution in [-0.4, -0.2) is 22.1 Å². The number of aromatic nitrogens is 1. The van der Waals surface area contributed by atoms with Crippen LogP contribution in [0.25, 0.3) is 0 Å². The molecule has 0 saturated carbocycles. The Morgan fingerprint density at radius 1 is 1.43 bits per heavy atom. The second-order valence-electron chi connectivity index (χ2n) is 4.56. The number of rotatable bonds is 6. The smallest absolute Gasteiger partial charge is 0.321 e. The Kier molecular flexibility index (Phi) is 5.58. The SMILES string of the molecule is Cc1sccc1CNC(Cc1c(Cl)cncc1Cl)C(=O)O. The number of pyridine rings is 1. The molecule has 0 bridgehead atoms. The van der Waals surface area contributed by atoms with Crippen LogP contribution >= 0.6 is 34.5 Å². The molecule has 2 aromatic heterocycles. The number of carboxylic acids is 1. The van der Waals surface area contributed by atoms with E-state index >= 15 is 0 Å². The summed E-state index contributed by atoms with van der Waals surface area (Å²) in [6, 6.07) is 1.22. The van der Waals surface area contributed by atoms with Crippen molar-refractivity contribution in [1.82, 2.24) is 10.3 Å². The van der Waals surface area contributed by atoms with E-state index in [0.717, 1.165) is 5.56 Å². The fraction of sp³-hybridized carbons (Fsp3) is 0.286. The van der Waals surface area contributed by atoms with Crippen LogP contribution in [0, 0.1) is 6.92 Å². The molecule has 0 amide bonds. The number of nitrogens with zero attached hydrogens (tertiary/aromatic N) is 1. The molecule has 1 atom stereocenters. The van der Waals surface area contributed by atoms with Crippen LogP contribution in [0.4, 0.5) is 0 Å². The van der Waals surface area contributed by atoms with Crippen LogP contribution in [0.2, 0.25) is 10.0 Å². The van der Waals surface area contributed by atoms with E-state index in [0.29, 0.717) is 22.2 Å². The third-order valence-corrected chi connectivity index (χ3v) is 4.70. The Hall–Kier alpha value is -1.14. The number of aryl methyl sites for hydroxylation is 1. The highest BCUT2D eigenvalue weighted by Gasteiger charge is 2.21. The Labute approximate surface area is 136 Å². The monoisotopic (exact) mass is 344 g/mol. The van der Waals surface area contributed by atoms with Crippen LogP contribution in [0.3, 0.4) is 0 Å². The van der Waals surface area contributed by atoms with E-state index in [2.05, 4.69) is 10.3 Å². The first-order valence-corrected chi connectivity index (χ1v) is 7.89. The minimum Gasteiger partial charge on any atom is -0.480 e. The third kappa shape index (κ3) is 4.17. The lowest BCUT2D eigenvalue weighted by atomic mass is 10.1. The summed E-state index contributed by atoms with van der Waals surface area (Å²) in [5.74, 6) is -0.938. The lowest BCUT2D eigenvalue weighted by Crippen LogP contribution is -2.38. The minimum atomic E-state index is -0.938. The summed E-state index contributed by atoms with van der Waals surface area (Å²) in [6.45, 7) is 2.50. The van der Waals surface area contributed by atoms with Crippen molar-refractivity contribution in [2.24, 2.45) is 0 Å². The first kappa shape index (κ1) is 16.2. The molecular formula is C14H14Cl2N2O2S. The molecule has 0 fully saturated rings. The van der Waals surface area contributed by atoms with Crippen LogP contribution in [0.15, 0.2) is 23.8 Å². The van der Waals surface area contributed by atoms with Gasteiger partial charge in [0.25, 0.3) is 0 Å². The molecule has 0 saturated heterocycles. The van der Waals surface area contributed by atoms with Crippen LogP contribution < -0.4 is 5.32 Å². The van der Waals surface area contributed by atoms with Crippen LogP contribution in [0.5, 0.6) is 0 Å². The number of aliphatic carboxylic acids is 1. The molecule has 2 N–H and O–H groups in total. The molecule has 0 aliphatic carbocycles. The van der Waals surface area contributed by atoms with Gasteiger partial charge in [-0.2, -0.15) is 0 Å². The Balaban J connectivity index is 2.09. The van der Waals surface area contributed by atoms with Crippen molar-refractivity contribution >= 4 is 40.5 Å². The van der Waals surface area contributed by atoms with E-state index in [1.807, 2.05) is 18.4 Å². The number of carbonyl (C=O) groups is 1. The maximum atomic E-state index is 11.4. The minimum absolute atomic E-state index is 0.207. The van der Waals surface area contributed by atoms with Crippen molar-refractivity contribution in [3.05, 3.63) is 49.9 Å². The quantitative estimate of drug-likeness (QED) is 0.841. The van der Waals surface area contributed by atoms with Gasteiger partial charge in [-0.15, -0.1) is 11.3 Å². The molecule has 2 aromatic rings. The maximum absolute atomic E-state index is 11.4. The van der Waals surface area contributed by atoms with Crippen LogP contribution in [0.1, 0.15) is 16.0 Å². The standard InChI is InChI=1S/C14H14Cl2N2O2S/c1-8-9(2-3-21-8)5-18-13(14(19)20)4-10-11(15)6-17-7-12(10)16/h2-3,6-7,13,18H,4-5H2,1H3,(H,19,20). The van der Waals surface area contributed by atoms with Crippen molar-refractivity contribution in [2.75, 3.05) is 0 Å². The zero-order chi connectivity index (χ0) is 15.4. The number of halogens is 2. The van der Waals surface area contributed by atoms with Gasteiger partial charge in [0, 0.05) is 30.2 Å². The average Bonchev–Trinajstić information content (AvgIpc) is 2.82. The lowest BCUT2D eigenvalue weighted by molar-refractivity contribution is -0.139. The highest BCUT2D eigenvalue weighted by atomic mass is 35.5. The maximum Gasteiger partial charge on any atom is 0.321 e. The van der Waals surface area contributed by atoms with Gasteiger partial charge >= 0.3 is 5.97 Å². The van der Waals surface area contributed by atoms with Crippen molar-refractivity contribution in [3.8, 4) is 0 Å². The van der Waals surface area contributed by atoms with Gasteiger partial charge in [0.05, 0.1) is 10.0 Å². The first-order chi connectivity index (χ1) is 9.99. The average molecular weight is 345 g/mol. The molecule has 0 spiro atoms. The number of thiophene rings is 1. The van der Waals surface area contributed by atoms with E-state index < -0.39 is 12.0 Å². The predicted molar refractivity (Wildman–Crippen MR) is 85.3 cm³/mol. The molecule has 7 heteroatoms. The van der Waals surface area contributed by atoms with E-state index in [9.17, 15) is 9.90 Å². The molecular weight excluding hydrogens is 331 g/mol. The van der Waals surface area contributed by atoms with Gasteiger partial charge in [-0.05, 0) is 29.5 Å². The van der Waals surface area contributed by atoms with Crippen molar-refractivity contribution < 1.29 is 9.90 Å². The van der Waals surface area contributed by atoms with Gasteiger partial charge in [0.2, 0.25) is 0 Å². The fourth-order valence-electron chi connectivity index (χ4n) is 1.91. The van der Waals surface area contributed by atoms with E-state index in [1.165, 1.54) is 17.3 Å². The second kappa shape index (κ2) is 7.22. The van der Waals surface area contributed by atoms with Gasteiger partial charge in [0.15, 0.2) is 0 Å². The molecule has 112 valence electrons. The number of hydrogen-bond donors (Lipinski definition) is 2. The van der Waals surface area contributed by atoms with Gasteiger partial charge in [-0.1, -0.05) is 23.2 Å². The second-order valence-corrected chi connectivity index (χ2v) is 6.49. The summed E-state index contributed by atoms with van der Waals surface area (Å²) in [5.41, 5.74) is 1.69. The highest BCUT2D eigenvalue weighted by molar-refractivity contribution is 7.10. The zero-order valence-electron chi connectivity index (χ0n) is 11.3. The van der Waals surface area contributed by atoms with Crippen molar-refractivity contribution in [2.45, 2.75) is 25.9 Å². The molecule has 2 rings (SSSR count). The zero-order valence-corrected chi connectivity index (χ0v) is 13.6. The molecule has 21 heavy (non-hydrogen) atoms. The summed E-state index contributed by atoms with van der Waals surface area (Å²) in [5, 5.41) is 15.1. The molecule has 4 nitrogen and oxygen atoms in total. The fourth-order valence-corrected chi connectivity index (χ4v) is 3.16. The summed E-state index contributed by atoms with van der Waals surface area (Å²) >= 11 is 13.7. The molecule has 2 heterocycles. The normalized spacial score (nSPS) is 12.3. The van der Waals surface area contributed by atoms with Crippen molar-refractivity contribution in [3.63, 3.8) is 0 Å². The summed E-state index contributed by atoms with van der Waals surface area (Å²) in [6.07, 6.45) is 3.13. The number of carboxylic acid groups (broad SMARTS) is 1. The summed E-state index contributed by atoms with van der Waals surface area (Å²) in [7, 11) is 0.